The molecule has 0 aromatic carbocycles. The van der Waals surface area contributed by atoms with E-state index in [2.05, 4.69) is 43.7 Å². The minimum absolute atomic E-state index is 0.631. The van der Waals surface area contributed by atoms with Crippen LogP contribution in [0.25, 0.3) is 0 Å². The van der Waals surface area contributed by atoms with E-state index in [1.54, 1.807) is 0 Å². The Morgan fingerprint density at radius 3 is 2.38 bits per heavy atom. The van der Waals surface area contributed by atoms with Crippen LogP contribution >= 0.6 is 12.6 Å². The Hall–Kier alpha value is 0.270. The summed E-state index contributed by atoms with van der Waals surface area (Å²) in [5, 5.41) is 3.52. The lowest BCUT2D eigenvalue weighted by atomic mass is 9.83. The molecule has 16 heavy (non-hydrogen) atoms. The van der Waals surface area contributed by atoms with Crippen LogP contribution in [0.15, 0.2) is 0 Å². The Bertz CT molecular complexity index is 177. The quantitative estimate of drug-likeness (QED) is 0.552. The molecule has 2 nitrogen and oxygen atoms in total. The van der Waals surface area contributed by atoms with Crippen molar-refractivity contribution in [2.24, 2.45) is 5.92 Å². The molecule has 96 valence electrons. The van der Waals surface area contributed by atoms with Gasteiger partial charge in [0.1, 0.15) is 0 Å². The van der Waals surface area contributed by atoms with E-state index in [1.165, 1.54) is 38.6 Å². The molecular weight excluding hydrogens is 216 g/mol. The van der Waals surface area contributed by atoms with Crippen LogP contribution in [0, 0.1) is 5.92 Å². The molecule has 0 spiro atoms. The number of rotatable bonds is 6. The van der Waals surface area contributed by atoms with E-state index >= 15 is 0 Å². The minimum atomic E-state index is 0.631. The molecule has 0 aromatic heterocycles. The van der Waals surface area contributed by atoms with Gasteiger partial charge in [-0.25, -0.2) is 0 Å². The van der Waals surface area contributed by atoms with Crippen molar-refractivity contribution in [3.63, 3.8) is 0 Å². The molecule has 0 aliphatic heterocycles. The maximum Gasteiger partial charge on any atom is 0.0414 e. The van der Waals surface area contributed by atoms with Crippen LogP contribution < -0.4 is 5.32 Å². The molecule has 0 bridgehead atoms. The van der Waals surface area contributed by atoms with Gasteiger partial charge in [-0.15, -0.1) is 0 Å². The monoisotopic (exact) mass is 244 g/mol. The van der Waals surface area contributed by atoms with E-state index in [1.807, 2.05) is 0 Å². The zero-order valence-electron chi connectivity index (χ0n) is 11.1. The average molecular weight is 244 g/mol. The summed E-state index contributed by atoms with van der Waals surface area (Å²) in [4.78, 5) is 2.38. The number of nitrogens with one attached hydrogen (secondary N) is 1. The first-order valence-electron chi connectivity index (χ1n) is 6.68. The van der Waals surface area contributed by atoms with Crippen LogP contribution in [-0.2, 0) is 0 Å². The highest BCUT2D eigenvalue weighted by atomic mass is 32.1. The van der Waals surface area contributed by atoms with Gasteiger partial charge in [0.05, 0.1) is 0 Å². The second-order valence-corrected chi connectivity index (χ2v) is 5.75. The second kappa shape index (κ2) is 7.57. The van der Waals surface area contributed by atoms with Crippen molar-refractivity contribution in [2.75, 3.05) is 19.5 Å². The molecule has 1 fully saturated rings. The fourth-order valence-electron chi connectivity index (χ4n) is 2.57. The maximum absolute atomic E-state index is 4.34. The summed E-state index contributed by atoms with van der Waals surface area (Å²) >= 11 is 4.34. The van der Waals surface area contributed by atoms with Crippen LogP contribution in [0.1, 0.15) is 46.0 Å². The molecule has 3 heteroatoms. The maximum atomic E-state index is 4.34. The minimum Gasteiger partial charge on any atom is -0.315 e. The number of hydrogen-bond acceptors (Lipinski definition) is 3. The molecule has 1 rings (SSSR count). The van der Waals surface area contributed by atoms with Crippen LogP contribution in [0.2, 0.25) is 0 Å². The number of thiol groups is 1. The van der Waals surface area contributed by atoms with Gasteiger partial charge in [-0.2, -0.15) is 12.6 Å². The first-order chi connectivity index (χ1) is 7.63. The molecule has 1 saturated carbocycles. The van der Waals surface area contributed by atoms with Crippen molar-refractivity contribution in [1.82, 2.24) is 10.2 Å². The highest BCUT2D eigenvalue weighted by molar-refractivity contribution is 7.80. The molecule has 0 unspecified atom stereocenters. The van der Waals surface area contributed by atoms with Gasteiger partial charge in [-0.05, 0) is 51.6 Å². The fraction of sp³-hybridized carbons (Fsp3) is 1.00. The summed E-state index contributed by atoms with van der Waals surface area (Å²) in [6.45, 7) is 5.63. The van der Waals surface area contributed by atoms with Crippen molar-refractivity contribution < 1.29 is 0 Å². The summed E-state index contributed by atoms with van der Waals surface area (Å²) in [6.07, 6.45) is 6.90. The number of hydrogen-bond donors (Lipinski definition) is 2. The zero-order chi connectivity index (χ0) is 12.0. The number of nitrogens with zero attached hydrogens (tertiary/aromatic N) is 1. The highest BCUT2D eigenvalue weighted by Crippen LogP contribution is 2.28. The van der Waals surface area contributed by atoms with E-state index in [9.17, 15) is 0 Å². The molecule has 1 aliphatic carbocycles. The summed E-state index contributed by atoms with van der Waals surface area (Å²) < 4.78 is 0. The van der Waals surface area contributed by atoms with E-state index < -0.39 is 0 Å². The van der Waals surface area contributed by atoms with Crippen molar-refractivity contribution in [2.45, 2.75) is 58.0 Å². The Morgan fingerprint density at radius 2 is 1.88 bits per heavy atom. The van der Waals surface area contributed by atoms with E-state index in [0.29, 0.717) is 6.04 Å². The van der Waals surface area contributed by atoms with E-state index in [4.69, 9.17) is 0 Å². The lowest BCUT2D eigenvalue weighted by molar-refractivity contribution is 0.182. The Morgan fingerprint density at radius 1 is 1.25 bits per heavy atom. The highest BCUT2D eigenvalue weighted by Gasteiger charge is 2.22. The summed E-state index contributed by atoms with van der Waals surface area (Å²) in [5.74, 6) is 1.85. The molecule has 0 aromatic rings. The molecule has 0 radical (unpaired) electrons. The van der Waals surface area contributed by atoms with Gasteiger partial charge in [-0.1, -0.05) is 13.8 Å². The molecular formula is C13H28N2S. The van der Waals surface area contributed by atoms with Crippen molar-refractivity contribution >= 4 is 12.6 Å². The second-order valence-electron chi connectivity index (χ2n) is 5.47. The van der Waals surface area contributed by atoms with Crippen molar-refractivity contribution in [1.29, 1.82) is 0 Å². The molecule has 0 saturated heterocycles. The van der Waals surface area contributed by atoms with Gasteiger partial charge < -0.3 is 5.32 Å². The Labute approximate surface area is 107 Å². The van der Waals surface area contributed by atoms with Gasteiger partial charge >= 0.3 is 0 Å². The van der Waals surface area contributed by atoms with Crippen LogP contribution in [-0.4, -0.2) is 36.5 Å². The first-order valence-corrected chi connectivity index (χ1v) is 7.31. The Kier molecular flexibility index (Phi) is 6.78. The van der Waals surface area contributed by atoms with Gasteiger partial charge in [-0.3, -0.25) is 4.90 Å². The SMILES string of the molecule is CC(C)NCC[C@H]1CC[C@H](N(C)CS)CC1. The summed E-state index contributed by atoms with van der Waals surface area (Å²) in [6, 6.07) is 1.42. The molecule has 0 heterocycles. The third-order valence-electron chi connectivity index (χ3n) is 3.77. The summed E-state index contributed by atoms with van der Waals surface area (Å²) in [7, 11) is 2.19. The lowest BCUT2D eigenvalue weighted by Gasteiger charge is -2.34. The van der Waals surface area contributed by atoms with E-state index in [-0.39, 0.29) is 0 Å². The standard InChI is InChI=1S/C13H28N2S/c1-11(2)14-9-8-12-4-6-13(7-5-12)15(3)10-16/h11-14,16H,4-10H2,1-3H3/t12-,13-. The van der Waals surface area contributed by atoms with Crippen LogP contribution in [0.4, 0.5) is 0 Å². The van der Waals surface area contributed by atoms with Gasteiger partial charge in [0.2, 0.25) is 0 Å². The van der Waals surface area contributed by atoms with Crippen LogP contribution in [0.3, 0.4) is 0 Å². The largest absolute Gasteiger partial charge is 0.315 e. The van der Waals surface area contributed by atoms with Gasteiger partial charge in [0, 0.05) is 18.0 Å². The van der Waals surface area contributed by atoms with Crippen LogP contribution in [0.5, 0.6) is 0 Å². The third-order valence-corrected chi connectivity index (χ3v) is 4.21. The Balaban J connectivity index is 2.12. The lowest BCUT2D eigenvalue weighted by Crippen LogP contribution is -2.35. The normalized spacial score (nSPS) is 26.6. The molecule has 0 atom stereocenters. The van der Waals surface area contributed by atoms with E-state index in [0.717, 1.165) is 17.8 Å². The molecule has 1 N–H and O–H groups in total. The topological polar surface area (TPSA) is 15.3 Å². The van der Waals surface area contributed by atoms with Crippen molar-refractivity contribution in [3.05, 3.63) is 0 Å². The van der Waals surface area contributed by atoms with Gasteiger partial charge in [0.15, 0.2) is 0 Å². The zero-order valence-corrected chi connectivity index (χ0v) is 12.0. The third kappa shape index (κ3) is 5.07. The molecule has 1 aliphatic rings. The fourth-order valence-corrected chi connectivity index (χ4v) is 2.80. The van der Waals surface area contributed by atoms with Gasteiger partial charge in [0.25, 0.3) is 0 Å². The van der Waals surface area contributed by atoms with Crippen molar-refractivity contribution in [3.8, 4) is 0 Å². The first kappa shape index (κ1) is 14.3. The predicted octanol–water partition coefficient (Wildman–Crippen LogP) is 2.75. The summed E-state index contributed by atoms with van der Waals surface area (Å²) in [5.41, 5.74) is 0. The average Bonchev–Trinajstić information content (AvgIpc) is 2.28. The predicted molar refractivity (Wildman–Crippen MR) is 75.1 cm³/mol. The smallest absolute Gasteiger partial charge is 0.0414 e. The molecule has 0 amide bonds.